The fourth-order valence-corrected chi connectivity index (χ4v) is 25.5. The van der Waals surface area contributed by atoms with E-state index < -0.39 is 10.8 Å². The van der Waals surface area contributed by atoms with Gasteiger partial charge in [0.1, 0.15) is 22.3 Å². The molecule has 4 aliphatic rings. The zero-order valence-corrected chi connectivity index (χ0v) is 75.4. The van der Waals surface area contributed by atoms with E-state index in [1.807, 2.05) is 0 Å². The lowest BCUT2D eigenvalue weighted by molar-refractivity contribution is 0.368. The maximum Gasteiger partial charge on any atom is 0.144 e. The number of nitrogens with zero attached hydrogens (tertiary/aromatic N) is 1. The normalized spacial score (nSPS) is 14.7. The third-order valence-corrected chi connectivity index (χ3v) is 31.2. The number of aromatic nitrogens is 1. The van der Waals surface area contributed by atoms with Crippen LogP contribution in [0.2, 0.25) is 0 Å². The zero-order valence-electron chi connectivity index (χ0n) is 75.4. The zero-order chi connectivity index (χ0) is 85.9. The maximum absolute atomic E-state index is 7.67. The molecule has 0 saturated carbocycles. The van der Waals surface area contributed by atoms with Crippen LogP contribution in [0, 0.1) is 0 Å². The van der Waals surface area contributed by atoms with Crippen molar-refractivity contribution in [1.29, 1.82) is 0 Å². The molecule has 636 valence electrons. The highest BCUT2D eigenvalue weighted by Crippen LogP contribution is 2.69. The second kappa shape index (κ2) is 34.4. The average molecular weight is 1670 g/mol. The number of hydrogen-bond acceptors (Lipinski definition) is 2. The van der Waals surface area contributed by atoms with Crippen LogP contribution in [0.4, 0.5) is 0 Å². The van der Waals surface area contributed by atoms with E-state index in [2.05, 4.69) is 360 Å². The topological polar surface area (TPSA) is 31.2 Å². The first-order valence-electron chi connectivity index (χ1n) is 49.2. The summed E-state index contributed by atoms with van der Waals surface area (Å²) in [6.45, 7) is 9.53. The smallest absolute Gasteiger partial charge is 0.144 e. The van der Waals surface area contributed by atoms with Crippen molar-refractivity contribution in [3.05, 3.63) is 411 Å². The Kier molecular flexibility index (Phi) is 21.9. The molecule has 0 N–H and O–H groups in total. The summed E-state index contributed by atoms with van der Waals surface area (Å²) in [5, 5.41) is 7.44. The summed E-state index contributed by atoms with van der Waals surface area (Å²) in [5.41, 5.74) is 37.3. The Labute approximate surface area is 757 Å². The summed E-state index contributed by atoms with van der Waals surface area (Å²) in [4.78, 5) is 0. The minimum absolute atomic E-state index is 0.0267. The van der Waals surface area contributed by atoms with Crippen molar-refractivity contribution in [3.63, 3.8) is 0 Å². The van der Waals surface area contributed by atoms with Gasteiger partial charge in [0, 0.05) is 60.3 Å². The largest absolute Gasteiger partial charge is 0.456 e. The third kappa shape index (κ3) is 13.0. The molecule has 0 amide bonds. The number of aryl methyl sites for hydroxylation is 1. The van der Waals surface area contributed by atoms with Crippen molar-refractivity contribution in [2.75, 3.05) is 0 Å². The number of rotatable bonds is 34. The average Bonchev–Trinajstić information content (AvgIpc) is 1.48. The number of benzene rings is 15. The second-order valence-electron chi connectivity index (χ2n) is 38.3. The Balaban J connectivity index is 0.770. The van der Waals surface area contributed by atoms with Gasteiger partial charge < -0.3 is 13.4 Å². The highest BCUT2D eigenvalue weighted by molar-refractivity contribution is 6.21. The van der Waals surface area contributed by atoms with Gasteiger partial charge in [0.2, 0.25) is 0 Å². The molecule has 4 aliphatic carbocycles. The van der Waals surface area contributed by atoms with Crippen LogP contribution in [-0.2, 0) is 28.1 Å². The molecule has 3 aromatic heterocycles. The van der Waals surface area contributed by atoms with E-state index in [0.29, 0.717) is 0 Å². The summed E-state index contributed by atoms with van der Waals surface area (Å²) in [6, 6.07) is 127. The van der Waals surface area contributed by atoms with Crippen LogP contribution < -0.4 is 0 Å². The van der Waals surface area contributed by atoms with Gasteiger partial charge in [-0.05, 0) is 222 Å². The lowest BCUT2D eigenvalue weighted by Crippen LogP contribution is -2.33. The van der Waals surface area contributed by atoms with Gasteiger partial charge in [-0.15, -0.1) is 0 Å². The highest BCUT2D eigenvalue weighted by Gasteiger charge is 2.56. The molecule has 0 radical (unpaired) electrons. The van der Waals surface area contributed by atoms with E-state index in [1.165, 1.54) is 278 Å². The van der Waals surface area contributed by atoms with Gasteiger partial charge in [-0.2, -0.15) is 0 Å². The maximum atomic E-state index is 7.67. The number of fused-ring (bicyclic) bond motifs is 25. The van der Waals surface area contributed by atoms with Gasteiger partial charge in [-0.25, -0.2) is 0 Å². The summed E-state index contributed by atoms with van der Waals surface area (Å²) >= 11 is 0. The number of unbranched alkanes of at least 4 members (excludes halogenated alkanes) is 16. The minimum atomic E-state index is -0.756. The van der Waals surface area contributed by atoms with Gasteiger partial charge in [0.15, 0.2) is 0 Å². The molecular formula is C125H119NO2. The van der Waals surface area contributed by atoms with E-state index in [-0.39, 0.29) is 16.7 Å². The predicted molar refractivity (Wildman–Crippen MR) is 539 cm³/mol. The van der Waals surface area contributed by atoms with E-state index in [4.69, 9.17) is 8.83 Å². The molecular weight excluding hydrogens is 1550 g/mol. The van der Waals surface area contributed by atoms with Crippen LogP contribution in [-0.4, -0.2) is 4.57 Å². The molecule has 1 atom stereocenters. The van der Waals surface area contributed by atoms with Crippen LogP contribution in [0.25, 0.3) is 116 Å². The molecule has 1 unspecified atom stereocenters. The lowest BCUT2D eigenvalue weighted by atomic mass is 9.62. The molecule has 3 heterocycles. The molecule has 15 aromatic carbocycles. The molecule has 3 heteroatoms. The highest BCUT2D eigenvalue weighted by atomic mass is 16.3. The van der Waals surface area contributed by atoms with Crippen LogP contribution >= 0.6 is 0 Å². The van der Waals surface area contributed by atoms with Crippen molar-refractivity contribution < 1.29 is 8.83 Å². The molecule has 0 spiro atoms. The monoisotopic (exact) mass is 1670 g/mol. The van der Waals surface area contributed by atoms with Gasteiger partial charge in [0.25, 0.3) is 0 Å². The molecule has 0 aliphatic heterocycles. The van der Waals surface area contributed by atoms with Crippen molar-refractivity contribution in [3.8, 4) is 50.2 Å². The SMILES string of the molecule is CCCCCCCC1(CCCCCCC)c2ccccc2-c2c1c1c(c3c2oc2ccccc23)-c2ccc(CCC(c3ccc4c(c3)C(c3ccccc3)(c3ccccc3)c3cc5c(cc3-4)C(c3ccccc3)(c3ccccc3)c3ccc4oc6ccccc6c4c3-5)c3ccc4c(c3)c3ccccc3n4-c3ccccc3)cc2C1(CCCCCCC)CCCCCCC. The molecule has 128 heavy (non-hydrogen) atoms. The van der Waals surface area contributed by atoms with E-state index in [9.17, 15) is 0 Å². The van der Waals surface area contributed by atoms with Crippen LogP contribution in [0.15, 0.2) is 336 Å². The fraction of sp³-hybridized carbons (Fsp3) is 0.280. The Morgan fingerprint density at radius 1 is 0.273 bits per heavy atom. The standard InChI is InChI=1S/C125H119NO2/c1-5-9-13-17-44-76-122(77-45-18-14-10-6-2)103-62-40-36-59-96(103)118-120(122)119-116(117-99-61-39-43-65-112(99)128-121(117)118)97-71-67-85(80-105(97)123(119,78-46-19-15-11-7-3)79-47-20-16-12-8-4)66-70-93(86-69-74-110-101(81-86)95-58-37-41-63-109(95)126(110)92-56-34-25-35-57-92)87-68-72-94-100-83-108-102(84-107(100)125(106(94)82-87,90-52-30-23-31-53-90)91-54-32-24-33-55-91)114-104(73-75-113-115(114)98-60-38-42-64-111(98)127-113)124(108,88-48-26-21-27-49-88)89-50-28-22-29-51-89/h21-43,48-65,67-69,71-75,80-84,93H,5-20,44-47,66,70,76-79H2,1-4H3. The van der Waals surface area contributed by atoms with Gasteiger partial charge in [-0.1, -0.05) is 423 Å². The minimum Gasteiger partial charge on any atom is -0.456 e. The first-order valence-corrected chi connectivity index (χ1v) is 49.2. The number of hydrogen-bond donors (Lipinski definition) is 0. The molecule has 0 fully saturated rings. The van der Waals surface area contributed by atoms with Crippen LogP contribution in [0.3, 0.4) is 0 Å². The summed E-state index contributed by atoms with van der Waals surface area (Å²) in [5.74, 6) is -0.0267. The Morgan fingerprint density at radius 3 is 1.32 bits per heavy atom. The van der Waals surface area contributed by atoms with Crippen molar-refractivity contribution >= 4 is 65.7 Å². The molecule has 0 bridgehead atoms. The summed E-state index contributed by atoms with van der Waals surface area (Å²) in [7, 11) is 0. The van der Waals surface area contributed by atoms with Crippen molar-refractivity contribution in [2.24, 2.45) is 0 Å². The predicted octanol–water partition coefficient (Wildman–Crippen LogP) is 35.0. The molecule has 0 saturated heterocycles. The lowest BCUT2D eigenvalue weighted by Gasteiger charge is -2.40. The molecule has 3 nitrogen and oxygen atoms in total. The van der Waals surface area contributed by atoms with Crippen LogP contribution in [0.5, 0.6) is 0 Å². The number of furan rings is 2. The fourth-order valence-electron chi connectivity index (χ4n) is 25.5. The van der Waals surface area contributed by atoms with E-state index >= 15 is 0 Å². The molecule has 22 rings (SSSR count). The van der Waals surface area contributed by atoms with E-state index in [0.717, 1.165) is 66.2 Å². The Morgan fingerprint density at radius 2 is 0.719 bits per heavy atom. The van der Waals surface area contributed by atoms with Gasteiger partial charge in [0.05, 0.1) is 21.9 Å². The molecule has 18 aromatic rings. The summed E-state index contributed by atoms with van der Waals surface area (Å²) in [6.07, 6.45) is 31.5. The summed E-state index contributed by atoms with van der Waals surface area (Å²) < 4.78 is 17.1. The Hall–Kier alpha value is -12.3. The second-order valence-corrected chi connectivity index (χ2v) is 38.3. The van der Waals surface area contributed by atoms with Gasteiger partial charge >= 0.3 is 0 Å². The first kappa shape index (κ1) is 81.5. The quantitative estimate of drug-likeness (QED) is 0.0377. The van der Waals surface area contributed by atoms with E-state index in [1.54, 1.807) is 22.3 Å². The third-order valence-electron chi connectivity index (χ3n) is 31.2. The first-order chi connectivity index (χ1) is 63.4. The van der Waals surface area contributed by atoms with Crippen LogP contribution in [0.1, 0.15) is 278 Å². The Bertz CT molecular complexity index is 7030. The van der Waals surface area contributed by atoms with Crippen molar-refractivity contribution in [1.82, 2.24) is 4.57 Å². The number of para-hydroxylation sites is 4. The van der Waals surface area contributed by atoms with Gasteiger partial charge in [-0.3, -0.25) is 0 Å². The van der Waals surface area contributed by atoms with Crippen molar-refractivity contribution in [2.45, 2.75) is 222 Å².